The molecule has 0 saturated heterocycles. The molecule has 0 saturated carbocycles. The van der Waals surface area contributed by atoms with Gasteiger partial charge in [-0.1, -0.05) is 0 Å². The number of hydrogen-bond acceptors (Lipinski definition) is 6. The van der Waals surface area contributed by atoms with Crippen LogP contribution in [0.15, 0.2) is 53.5 Å². The number of halogens is 3. The minimum atomic E-state index is -4.54. The Hall–Kier alpha value is -4.12. The van der Waals surface area contributed by atoms with Gasteiger partial charge in [0.1, 0.15) is 16.9 Å². The molecule has 178 valence electrons. The van der Waals surface area contributed by atoms with Crippen LogP contribution in [0, 0.1) is 0 Å². The first kappa shape index (κ1) is 21.4. The number of benzene rings is 1. The van der Waals surface area contributed by atoms with E-state index in [0.717, 1.165) is 10.6 Å². The highest BCUT2D eigenvalue weighted by molar-refractivity contribution is 6.10. The molecule has 1 unspecified atom stereocenters. The second-order valence-electron chi connectivity index (χ2n) is 8.45. The SMILES string of the molecule is CN(C(=O)c1ccc2oc3c(N)cncc3c2c1)C1COCc2c1ccn1c(C(F)(F)F)cnc21. The van der Waals surface area contributed by atoms with Crippen LogP contribution in [-0.2, 0) is 17.5 Å². The summed E-state index contributed by atoms with van der Waals surface area (Å²) in [7, 11) is 1.64. The lowest BCUT2D eigenvalue weighted by Crippen LogP contribution is -2.36. The summed E-state index contributed by atoms with van der Waals surface area (Å²) in [5.41, 5.74) is 8.38. The zero-order valence-electron chi connectivity index (χ0n) is 18.3. The van der Waals surface area contributed by atoms with Crippen LogP contribution >= 0.6 is 0 Å². The van der Waals surface area contributed by atoms with Crippen LogP contribution in [0.4, 0.5) is 18.9 Å². The summed E-state index contributed by atoms with van der Waals surface area (Å²) >= 11 is 0. The van der Waals surface area contributed by atoms with Crippen molar-refractivity contribution in [2.24, 2.45) is 0 Å². The Balaban J connectivity index is 1.38. The minimum Gasteiger partial charge on any atom is -0.454 e. The lowest BCUT2D eigenvalue weighted by Gasteiger charge is -2.33. The number of pyridine rings is 2. The van der Waals surface area contributed by atoms with Gasteiger partial charge in [-0.3, -0.25) is 14.2 Å². The van der Waals surface area contributed by atoms with E-state index in [9.17, 15) is 18.0 Å². The van der Waals surface area contributed by atoms with Gasteiger partial charge in [0.05, 0.1) is 37.3 Å². The van der Waals surface area contributed by atoms with Gasteiger partial charge in [-0.25, -0.2) is 4.98 Å². The highest BCUT2D eigenvalue weighted by atomic mass is 19.4. The summed E-state index contributed by atoms with van der Waals surface area (Å²) in [6, 6.07) is 6.17. The number of carbonyl (C=O) groups excluding carboxylic acids is 1. The van der Waals surface area contributed by atoms with E-state index in [-0.39, 0.29) is 24.8 Å². The standard InChI is InChI=1S/C24H18F3N5O3/c1-31(23(33)12-2-3-19-14(6-12)15-7-29-8-17(28)21(15)35-19)18-11-34-10-16-13(18)4-5-32-20(24(25,26)27)9-30-22(16)32/h2-9,18H,10-11,28H2,1H3. The lowest BCUT2D eigenvalue weighted by molar-refractivity contribution is -0.141. The minimum absolute atomic E-state index is 0.105. The Kier molecular flexibility index (Phi) is 4.55. The molecule has 0 fully saturated rings. The topological polar surface area (TPSA) is 98.9 Å². The molecule has 1 aliphatic rings. The van der Waals surface area contributed by atoms with E-state index in [0.29, 0.717) is 44.3 Å². The molecule has 1 amide bonds. The van der Waals surface area contributed by atoms with Crippen LogP contribution in [0.3, 0.4) is 0 Å². The number of amides is 1. The molecule has 8 nitrogen and oxygen atoms in total. The molecule has 0 radical (unpaired) electrons. The molecular formula is C24H18F3N5O3. The van der Waals surface area contributed by atoms with Crippen molar-refractivity contribution < 1.29 is 27.1 Å². The van der Waals surface area contributed by atoms with Crippen molar-refractivity contribution >= 4 is 39.2 Å². The fraction of sp³-hybridized carbons (Fsp3) is 0.208. The molecular weight excluding hydrogens is 463 g/mol. The first-order valence-corrected chi connectivity index (χ1v) is 10.7. The Bertz CT molecular complexity index is 1640. The van der Waals surface area contributed by atoms with E-state index in [1.807, 2.05) is 0 Å². The van der Waals surface area contributed by atoms with Gasteiger partial charge in [-0.05, 0) is 29.8 Å². The van der Waals surface area contributed by atoms with Crippen LogP contribution < -0.4 is 5.73 Å². The first-order valence-electron chi connectivity index (χ1n) is 10.7. The molecule has 5 aromatic rings. The Labute approximate surface area is 195 Å². The third-order valence-electron chi connectivity index (χ3n) is 6.43. The zero-order chi connectivity index (χ0) is 24.5. The predicted molar refractivity (Wildman–Crippen MR) is 121 cm³/mol. The number of hydrogen-bond donors (Lipinski definition) is 1. The number of nitrogens with zero attached hydrogens (tertiary/aromatic N) is 4. The molecule has 1 atom stereocenters. The Morgan fingerprint density at radius 2 is 2.03 bits per heavy atom. The van der Waals surface area contributed by atoms with Gasteiger partial charge >= 0.3 is 6.18 Å². The van der Waals surface area contributed by atoms with Gasteiger partial charge in [-0.15, -0.1) is 0 Å². The summed E-state index contributed by atoms with van der Waals surface area (Å²) in [5.74, 6) is -0.279. The predicted octanol–water partition coefficient (Wildman–Crippen LogP) is 4.57. The van der Waals surface area contributed by atoms with Crippen molar-refractivity contribution in [3.63, 3.8) is 0 Å². The van der Waals surface area contributed by atoms with Crippen LogP contribution in [0.25, 0.3) is 27.6 Å². The normalized spacial score (nSPS) is 16.2. The number of imidazole rings is 1. The van der Waals surface area contributed by atoms with Gasteiger partial charge in [0.25, 0.3) is 5.91 Å². The van der Waals surface area contributed by atoms with Crippen molar-refractivity contribution in [1.82, 2.24) is 19.3 Å². The molecule has 1 aromatic carbocycles. The molecule has 6 rings (SSSR count). The molecule has 35 heavy (non-hydrogen) atoms. The van der Waals surface area contributed by atoms with Crippen LogP contribution in [-0.4, -0.2) is 38.8 Å². The fourth-order valence-electron chi connectivity index (χ4n) is 4.66. The molecule has 2 N–H and O–H groups in total. The summed E-state index contributed by atoms with van der Waals surface area (Å²) in [4.78, 5) is 23.1. The highest BCUT2D eigenvalue weighted by Crippen LogP contribution is 2.36. The van der Waals surface area contributed by atoms with E-state index in [2.05, 4.69) is 9.97 Å². The summed E-state index contributed by atoms with van der Waals surface area (Å²) < 4.78 is 52.5. The smallest absolute Gasteiger partial charge is 0.433 e. The van der Waals surface area contributed by atoms with Crippen molar-refractivity contribution in [3.05, 3.63) is 71.4 Å². The van der Waals surface area contributed by atoms with Crippen LogP contribution in [0.2, 0.25) is 0 Å². The van der Waals surface area contributed by atoms with Gasteiger partial charge in [-0.2, -0.15) is 13.2 Å². The number of nitrogens with two attached hydrogens (primary N) is 1. The largest absolute Gasteiger partial charge is 0.454 e. The third-order valence-corrected chi connectivity index (χ3v) is 6.43. The summed E-state index contributed by atoms with van der Waals surface area (Å²) in [6.45, 7) is 0.309. The van der Waals surface area contributed by atoms with Gasteiger partial charge in [0, 0.05) is 41.3 Å². The average molecular weight is 481 g/mol. The lowest BCUT2D eigenvalue weighted by atomic mass is 9.98. The number of furan rings is 1. The van der Waals surface area contributed by atoms with Crippen LogP contribution in [0.1, 0.15) is 33.2 Å². The third kappa shape index (κ3) is 3.22. The van der Waals surface area contributed by atoms with E-state index in [4.69, 9.17) is 14.9 Å². The Morgan fingerprint density at radius 3 is 2.83 bits per heavy atom. The number of carbonyl (C=O) groups is 1. The van der Waals surface area contributed by atoms with Gasteiger partial charge < -0.3 is 19.8 Å². The van der Waals surface area contributed by atoms with Crippen LogP contribution in [0.5, 0.6) is 0 Å². The average Bonchev–Trinajstić information content (AvgIpc) is 3.45. The van der Waals surface area contributed by atoms with Crippen molar-refractivity contribution in [2.75, 3.05) is 19.4 Å². The number of alkyl halides is 3. The second-order valence-corrected chi connectivity index (χ2v) is 8.45. The summed E-state index contributed by atoms with van der Waals surface area (Å²) in [5, 5.41) is 1.41. The number of ether oxygens (including phenoxy) is 1. The monoisotopic (exact) mass is 481 g/mol. The Morgan fingerprint density at radius 1 is 1.20 bits per heavy atom. The van der Waals surface area contributed by atoms with E-state index in [1.54, 1.807) is 37.5 Å². The summed E-state index contributed by atoms with van der Waals surface area (Å²) in [6.07, 6.45) is 0.735. The number of aromatic nitrogens is 3. The van der Waals surface area contributed by atoms with Crippen molar-refractivity contribution in [2.45, 2.75) is 18.8 Å². The zero-order valence-corrected chi connectivity index (χ0v) is 18.3. The molecule has 0 bridgehead atoms. The maximum atomic E-state index is 13.5. The highest BCUT2D eigenvalue weighted by Gasteiger charge is 2.36. The molecule has 11 heteroatoms. The van der Waals surface area contributed by atoms with Gasteiger partial charge in [0.15, 0.2) is 5.58 Å². The van der Waals surface area contributed by atoms with E-state index in [1.165, 1.54) is 17.3 Å². The molecule has 1 aliphatic heterocycles. The number of rotatable bonds is 2. The molecule has 0 spiro atoms. The van der Waals surface area contributed by atoms with E-state index < -0.39 is 17.9 Å². The quantitative estimate of drug-likeness (QED) is 0.397. The maximum absolute atomic E-state index is 13.5. The van der Waals surface area contributed by atoms with Gasteiger partial charge in [0.2, 0.25) is 0 Å². The number of fused-ring (bicyclic) bond motifs is 6. The number of likely N-dealkylation sites (N-methyl/N-ethyl adjacent to an activating group) is 1. The number of nitrogen functional groups attached to an aromatic ring is 1. The first-order chi connectivity index (χ1) is 16.7. The van der Waals surface area contributed by atoms with E-state index >= 15 is 0 Å². The number of anilines is 1. The van der Waals surface area contributed by atoms with Crippen molar-refractivity contribution in [3.8, 4) is 0 Å². The maximum Gasteiger partial charge on any atom is 0.433 e. The molecule has 5 heterocycles. The second kappa shape index (κ2) is 7.44. The van der Waals surface area contributed by atoms with Crippen molar-refractivity contribution in [1.29, 1.82) is 0 Å². The molecule has 0 aliphatic carbocycles. The molecule has 4 aromatic heterocycles. The fourth-order valence-corrected chi connectivity index (χ4v) is 4.66.